The fourth-order valence-corrected chi connectivity index (χ4v) is 2.00. The highest BCUT2D eigenvalue weighted by Crippen LogP contribution is 2.17. The fraction of sp³-hybridized carbons (Fsp3) is 0.385. The quantitative estimate of drug-likeness (QED) is 0.839. The SMILES string of the molecule is CCNc1cc(C(=O)NCCc2nncn2C)c(Cl)cn1. The van der Waals surface area contributed by atoms with Crippen molar-refractivity contribution in [3.63, 3.8) is 0 Å². The standard InChI is InChI=1S/C13H17ClN6O/c1-3-15-11-6-9(10(14)7-17-11)13(21)16-5-4-12-19-18-8-20(12)2/h6-8H,3-5H2,1-2H3,(H,15,17)(H,16,21). The summed E-state index contributed by atoms with van der Waals surface area (Å²) in [6.45, 7) is 3.14. The van der Waals surface area contributed by atoms with Gasteiger partial charge in [-0.3, -0.25) is 4.79 Å². The molecule has 0 radical (unpaired) electrons. The van der Waals surface area contributed by atoms with Crippen molar-refractivity contribution in [3.05, 3.63) is 35.0 Å². The zero-order valence-electron chi connectivity index (χ0n) is 11.9. The monoisotopic (exact) mass is 308 g/mol. The van der Waals surface area contributed by atoms with E-state index in [9.17, 15) is 4.79 Å². The number of nitrogens with zero attached hydrogens (tertiary/aromatic N) is 4. The number of pyridine rings is 1. The van der Waals surface area contributed by atoms with Gasteiger partial charge in [-0.15, -0.1) is 10.2 Å². The van der Waals surface area contributed by atoms with Gasteiger partial charge >= 0.3 is 0 Å². The highest BCUT2D eigenvalue weighted by atomic mass is 35.5. The van der Waals surface area contributed by atoms with Gasteiger partial charge < -0.3 is 15.2 Å². The Hall–Kier alpha value is -2.15. The minimum atomic E-state index is -0.233. The molecule has 8 heteroatoms. The van der Waals surface area contributed by atoms with Gasteiger partial charge in [0.1, 0.15) is 18.0 Å². The first kappa shape index (κ1) is 15.2. The molecule has 0 aliphatic heterocycles. The van der Waals surface area contributed by atoms with Crippen LogP contribution in [0.25, 0.3) is 0 Å². The Labute approximate surface area is 127 Å². The van der Waals surface area contributed by atoms with Gasteiger partial charge in [-0.05, 0) is 13.0 Å². The summed E-state index contributed by atoms with van der Waals surface area (Å²) in [6, 6.07) is 1.64. The van der Waals surface area contributed by atoms with Crippen LogP contribution in [0, 0.1) is 0 Å². The van der Waals surface area contributed by atoms with Gasteiger partial charge in [0.15, 0.2) is 0 Å². The minimum Gasteiger partial charge on any atom is -0.370 e. The summed E-state index contributed by atoms with van der Waals surface area (Å²) in [5.74, 6) is 1.20. The summed E-state index contributed by atoms with van der Waals surface area (Å²) in [6.07, 6.45) is 3.70. The summed E-state index contributed by atoms with van der Waals surface area (Å²) in [4.78, 5) is 16.2. The molecule has 0 saturated heterocycles. The number of amides is 1. The van der Waals surface area contributed by atoms with Gasteiger partial charge in [0.2, 0.25) is 0 Å². The number of hydrogen-bond acceptors (Lipinski definition) is 5. The minimum absolute atomic E-state index is 0.233. The van der Waals surface area contributed by atoms with E-state index in [4.69, 9.17) is 11.6 Å². The molecule has 0 aliphatic rings. The van der Waals surface area contributed by atoms with Crippen LogP contribution in [0.5, 0.6) is 0 Å². The van der Waals surface area contributed by atoms with E-state index in [1.54, 1.807) is 12.4 Å². The lowest BCUT2D eigenvalue weighted by Gasteiger charge is -2.08. The first-order valence-corrected chi connectivity index (χ1v) is 7.00. The second-order valence-corrected chi connectivity index (χ2v) is 4.85. The molecule has 0 atom stereocenters. The van der Waals surface area contributed by atoms with Crippen molar-refractivity contribution in [2.24, 2.45) is 7.05 Å². The highest BCUT2D eigenvalue weighted by Gasteiger charge is 2.12. The average Bonchev–Trinajstić information content (AvgIpc) is 2.87. The third-order valence-electron chi connectivity index (χ3n) is 2.90. The van der Waals surface area contributed by atoms with Crippen molar-refractivity contribution in [1.82, 2.24) is 25.1 Å². The smallest absolute Gasteiger partial charge is 0.253 e. The number of anilines is 1. The second kappa shape index (κ2) is 7.03. The third kappa shape index (κ3) is 3.91. The number of aryl methyl sites for hydroxylation is 1. The van der Waals surface area contributed by atoms with Gasteiger partial charge in [0.05, 0.1) is 10.6 Å². The molecular formula is C13H17ClN6O. The van der Waals surface area contributed by atoms with E-state index in [-0.39, 0.29) is 5.91 Å². The van der Waals surface area contributed by atoms with Crippen molar-refractivity contribution >= 4 is 23.3 Å². The normalized spacial score (nSPS) is 10.4. The summed E-state index contributed by atoms with van der Waals surface area (Å²) >= 11 is 6.02. The van der Waals surface area contributed by atoms with Crippen LogP contribution in [0.15, 0.2) is 18.6 Å². The summed E-state index contributed by atoms with van der Waals surface area (Å²) in [5.41, 5.74) is 0.403. The largest absolute Gasteiger partial charge is 0.370 e. The third-order valence-corrected chi connectivity index (χ3v) is 3.20. The highest BCUT2D eigenvalue weighted by molar-refractivity contribution is 6.33. The maximum absolute atomic E-state index is 12.1. The van der Waals surface area contributed by atoms with E-state index < -0.39 is 0 Å². The lowest BCUT2D eigenvalue weighted by atomic mass is 10.2. The van der Waals surface area contributed by atoms with Crippen LogP contribution >= 0.6 is 11.6 Å². The Morgan fingerprint density at radius 2 is 2.29 bits per heavy atom. The van der Waals surface area contributed by atoms with Crippen molar-refractivity contribution in [1.29, 1.82) is 0 Å². The van der Waals surface area contributed by atoms with Crippen LogP contribution in [0.4, 0.5) is 5.82 Å². The van der Waals surface area contributed by atoms with E-state index in [1.165, 1.54) is 6.20 Å². The first-order chi connectivity index (χ1) is 10.1. The summed E-state index contributed by atoms with van der Waals surface area (Å²) in [5, 5.41) is 13.9. The van der Waals surface area contributed by atoms with Crippen LogP contribution in [0.2, 0.25) is 5.02 Å². The maximum atomic E-state index is 12.1. The first-order valence-electron chi connectivity index (χ1n) is 6.62. The molecule has 7 nitrogen and oxygen atoms in total. The molecule has 2 heterocycles. The summed E-state index contributed by atoms with van der Waals surface area (Å²) in [7, 11) is 1.86. The van der Waals surface area contributed by atoms with Gasteiger partial charge in [0.25, 0.3) is 5.91 Å². The number of carbonyl (C=O) groups is 1. The Bertz CT molecular complexity index is 627. The van der Waals surface area contributed by atoms with Crippen LogP contribution in [-0.2, 0) is 13.5 Å². The molecule has 2 aromatic rings. The topological polar surface area (TPSA) is 84.7 Å². The lowest BCUT2D eigenvalue weighted by Crippen LogP contribution is -2.26. The zero-order valence-corrected chi connectivity index (χ0v) is 12.7. The Kier molecular flexibility index (Phi) is 5.10. The van der Waals surface area contributed by atoms with Crippen molar-refractivity contribution < 1.29 is 4.79 Å². The number of rotatable bonds is 6. The van der Waals surface area contributed by atoms with Gasteiger partial charge in [-0.1, -0.05) is 11.6 Å². The predicted octanol–water partition coefficient (Wildman–Crippen LogP) is 1.27. The van der Waals surface area contributed by atoms with E-state index >= 15 is 0 Å². The zero-order chi connectivity index (χ0) is 15.2. The average molecular weight is 309 g/mol. The Morgan fingerprint density at radius 3 is 2.95 bits per heavy atom. The Balaban J connectivity index is 1.96. The second-order valence-electron chi connectivity index (χ2n) is 4.44. The van der Waals surface area contributed by atoms with Crippen LogP contribution in [-0.4, -0.2) is 38.7 Å². The molecule has 0 fully saturated rings. The van der Waals surface area contributed by atoms with Gasteiger partial charge in [-0.2, -0.15) is 0 Å². The van der Waals surface area contributed by atoms with Crippen molar-refractivity contribution in [3.8, 4) is 0 Å². The lowest BCUT2D eigenvalue weighted by molar-refractivity contribution is 0.0954. The van der Waals surface area contributed by atoms with Crippen LogP contribution in [0.1, 0.15) is 23.1 Å². The van der Waals surface area contributed by atoms with Crippen molar-refractivity contribution in [2.75, 3.05) is 18.4 Å². The summed E-state index contributed by atoms with van der Waals surface area (Å²) < 4.78 is 1.81. The molecule has 0 bridgehead atoms. The number of aromatic nitrogens is 4. The molecule has 0 saturated carbocycles. The molecular weight excluding hydrogens is 292 g/mol. The molecule has 2 aromatic heterocycles. The number of nitrogens with one attached hydrogen (secondary N) is 2. The molecule has 0 spiro atoms. The molecule has 0 aromatic carbocycles. The van der Waals surface area contributed by atoms with Crippen molar-refractivity contribution in [2.45, 2.75) is 13.3 Å². The number of hydrogen-bond donors (Lipinski definition) is 2. The van der Waals surface area contributed by atoms with Gasteiger partial charge in [0, 0.05) is 32.8 Å². The molecule has 112 valence electrons. The predicted molar refractivity (Wildman–Crippen MR) is 80.5 cm³/mol. The van der Waals surface area contributed by atoms with E-state index in [2.05, 4.69) is 25.8 Å². The molecule has 21 heavy (non-hydrogen) atoms. The van der Waals surface area contributed by atoms with E-state index in [0.717, 1.165) is 12.4 Å². The molecule has 2 N–H and O–H groups in total. The maximum Gasteiger partial charge on any atom is 0.253 e. The fourth-order valence-electron chi connectivity index (χ4n) is 1.81. The van der Waals surface area contributed by atoms with E-state index in [0.29, 0.717) is 29.4 Å². The van der Waals surface area contributed by atoms with Crippen LogP contribution < -0.4 is 10.6 Å². The van der Waals surface area contributed by atoms with Crippen LogP contribution in [0.3, 0.4) is 0 Å². The molecule has 1 amide bonds. The van der Waals surface area contributed by atoms with Gasteiger partial charge in [-0.25, -0.2) is 4.98 Å². The molecule has 2 rings (SSSR count). The number of halogens is 1. The number of carbonyl (C=O) groups excluding carboxylic acids is 1. The Morgan fingerprint density at radius 1 is 1.48 bits per heavy atom. The van der Waals surface area contributed by atoms with E-state index in [1.807, 2.05) is 18.5 Å². The molecule has 0 unspecified atom stereocenters. The molecule has 0 aliphatic carbocycles.